The summed E-state index contributed by atoms with van der Waals surface area (Å²) in [6, 6.07) is 13.8. The van der Waals surface area contributed by atoms with Crippen molar-refractivity contribution in [2.45, 2.75) is 370 Å². The van der Waals surface area contributed by atoms with E-state index in [1.807, 2.05) is 185 Å². The zero-order valence-electron chi connectivity index (χ0n) is 86.8. The van der Waals surface area contributed by atoms with Gasteiger partial charge < -0.3 is 71.9 Å². The van der Waals surface area contributed by atoms with Crippen LogP contribution in [0.25, 0.3) is 39.2 Å². The molecule has 9 heterocycles. The number of hydrogen-bond donors (Lipinski definition) is 1. The smallest absolute Gasteiger partial charge is 0.329 e. The number of carbonyl (C=O) groups is 9. The number of amides is 3. The lowest BCUT2D eigenvalue weighted by molar-refractivity contribution is -0.168. The summed E-state index contributed by atoms with van der Waals surface area (Å²) in [5.41, 5.74) is 2.91. The van der Waals surface area contributed by atoms with Gasteiger partial charge in [-0.05, 0) is 253 Å². The van der Waals surface area contributed by atoms with Crippen LogP contribution in [-0.4, -0.2) is 210 Å². The van der Waals surface area contributed by atoms with Gasteiger partial charge in [0.1, 0.15) is 100 Å². The van der Waals surface area contributed by atoms with Gasteiger partial charge in [0, 0.05) is 36.0 Å². The summed E-state index contributed by atoms with van der Waals surface area (Å²) < 4.78 is 66.4. The molecule has 6 aromatic rings. The van der Waals surface area contributed by atoms with Gasteiger partial charge in [-0.2, -0.15) is 0 Å². The van der Waals surface area contributed by atoms with Crippen molar-refractivity contribution < 1.29 is 100 Å². The lowest BCUT2D eigenvalue weighted by Crippen LogP contribution is -2.50. The molecule has 3 saturated carbocycles. The van der Waals surface area contributed by atoms with Gasteiger partial charge >= 0.3 is 35.8 Å². The Bertz CT molecular complexity index is 5420. The highest BCUT2D eigenvalue weighted by molar-refractivity contribution is 5.92. The van der Waals surface area contributed by atoms with Crippen LogP contribution in [-0.2, 0) is 79.7 Å². The SMILES string of the molecule is CC[C@@H]1[C@@H]2CN(C(=O)[C@H](C(C)(C)C)CC(=O)O[C@@H]3CCC[C@H]3CCC/C=C/c3nc4ccc(OC)cc4nc3O2)[C@@H]1C(=O)OC(C)(C)C.CC[C@@H]1[C@@H]2CN(C(=O)[C@H](C(C)(C)C)CC(=O)O[C@@H]3CCC[C@H]3CCCCCc3nc4ccc(OC)cc4nc3O2)[C@@H]1C(=O)O.CC[C@@H]1[C@@H]2CN(C(=O)[C@H](C(C)(C)C)CC(=O)O[C@@H]3CCC[C@H]3CCCCCc3nc4ccc(OC)cc4nc3O2)[C@@H]1C(=O)OC(C)(C)C. The van der Waals surface area contributed by atoms with E-state index in [1.165, 1.54) is 4.90 Å². The number of methoxy groups -OCH3 is 3. The molecule has 3 saturated heterocycles. The van der Waals surface area contributed by atoms with Gasteiger partial charge in [-0.15, -0.1) is 0 Å². The Balaban J connectivity index is 0.000000177. The summed E-state index contributed by atoms with van der Waals surface area (Å²) in [6.07, 6.45) is 23.9. The van der Waals surface area contributed by atoms with Gasteiger partial charge in [0.05, 0.1) is 111 Å². The van der Waals surface area contributed by atoms with Crippen molar-refractivity contribution in [3.63, 3.8) is 0 Å². The van der Waals surface area contributed by atoms with Gasteiger partial charge in [0.15, 0.2) is 0 Å². The molecule has 30 nitrogen and oxygen atoms in total. The molecule has 3 aliphatic carbocycles. The van der Waals surface area contributed by atoms with E-state index in [0.29, 0.717) is 113 Å². The molecule has 6 fully saturated rings. The van der Waals surface area contributed by atoms with Crippen molar-refractivity contribution in [3.8, 4) is 34.9 Å². The summed E-state index contributed by atoms with van der Waals surface area (Å²) in [5, 5.41) is 10.4. The topological polar surface area (TPSA) is 362 Å². The van der Waals surface area contributed by atoms with Crippen molar-refractivity contribution in [2.24, 2.45) is 69.5 Å². The summed E-state index contributed by atoms with van der Waals surface area (Å²) in [4.78, 5) is 159. The van der Waals surface area contributed by atoms with E-state index in [0.717, 1.165) is 151 Å². The van der Waals surface area contributed by atoms with Crippen LogP contribution in [0.5, 0.6) is 34.9 Å². The lowest BCUT2D eigenvalue weighted by Gasteiger charge is -2.36. The van der Waals surface area contributed by atoms with Crippen molar-refractivity contribution in [3.05, 3.63) is 77.8 Å². The normalized spacial score (nSPS) is 28.2. The number of allylic oxidation sites excluding steroid dienone is 1. The molecule has 9 aliphatic rings. The molecule has 30 heteroatoms. The molecule has 6 aliphatic heterocycles. The summed E-state index contributed by atoms with van der Waals surface area (Å²) in [6.45, 7) is 34.7. The zero-order valence-corrected chi connectivity index (χ0v) is 86.8. The first kappa shape index (κ1) is 107. The van der Waals surface area contributed by atoms with Crippen LogP contribution in [0.1, 0.15) is 309 Å². The van der Waals surface area contributed by atoms with Gasteiger partial charge in [-0.3, -0.25) is 28.8 Å². The molecule has 3 amide bonds. The number of ether oxygens (including phenoxy) is 11. The van der Waals surface area contributed by atoms with E-state index in [2.05, 4.69) is 6.08 Å². The van der Waals surface area contributed by atoms with E-state index in [4.69, 9.17) is 82.0 Å². The molecule has 0 spiro atoms. The molecule has 3 aromatic heterocycles. The van der Waals surface area contributed by atoms with Crippen LogP contribution >= 0.6 is 0 Å². The number of carbonyl (C=O) groups excluding carboxylic acids is 8. The monoisotopic (exact) mass is 1940 g/mol. The number of nitrogens with zero attached hydrogens (tertiary/aromatic N) is 9. The standard InChI is InChI=1S/C38H55N3O7.C38H53N3O7.C34H47N3O7/c2*1-9-25-31-22-41(33(25)36(44)48-38(5,6)7)35(43)26(37(2,3)4)21-32(42)46-30-17-13-15-23(30)14-11-10-12-16-28-34(47-31)40-29-20-24(45-8)18-19-27(29)39-28;1-6-22-28-19-37(30(22)33(40)41)32(39)23(34(2,3)4)18-29(38)43-27-14-10-12-20(27)11-8-7-9-13-25-31(44-28)36-26-17-21(42-5)15-16-24(26)35-25/h18-20,23,25-26,30-31,33H,9-17,21-22H2,1-8H3;12,16,18-20,23,25-26,30-31,33H,9-11,13-15,17,21-22H2,1-8H3;15-17,20,22-23,27-28,30H,6-14,18-19H2,1-5H3,(H,40,41)/b;16-12+;/t2*23-,25-,26-,30-,31+,33+;20-,22-,23-,27-,28+,30+/m111/s1. The van der Waals surface area contributed by atoms with Crippen LogP contribution in [0.15, 0.2) is 60.7 Å². The predicted octanol–water partition coefficient (Wildman–Crippen LogP) is 19.4. The van der Waals surface area contributed by atoms with Crippen LogP contribution in [0, 0.1) is 69.5 Å². The summed E-state index contributed by atoms with van der Waals surface area (Å²) in [7, 11) is 4.82. The number of esters is 5. The molecule has 1 N–H and O–H groups in total. The van der Waals surface area contributed by atoms with Gasteiger partial charge in [-0.1, -0.05) is 115 Å². The number of aromatic nitrogens is 6. The second-order valence-corrected chi connectivity index (χ2v) is 45.4. The average Bonchev–Trinajstić information content (AvgIpc) is 1.64. The first-order valence-electron chi connectivity index (χ1n) is 51.8. The fourth-order valence-corrected chi connectivity index (χ4v) is 22.4. The molecule has 6 bridgehead atoms. The molecular formula is C110H155N9O21. The van der Waals surface area contributed by atoms with Gasteiger partial charge in [0.25, 0.3) is 0 Å². The number of carboxylic acid groups (broad SMARTS) is 1. The van der Waals surface area contributed by atoms with Gasteiger partial charge in [0.2, 0.25) is 35.4 Å². The third kappa shape index (κ3) is 26.3. The van der Waals surface area contributed by atoms with Crippen LogP contribution < -0.4 is 28.4 Å². The van der Waals surface area contributed by atoms with E-state index >= 15 is 0 Å². The number of carboxylic acids is 1. The minimum absolute atomic E-state index is 0.0481. The number of rotatable bonds is 9. The third-order valence-corrected chi connectivity index (χ3v) is 30.0. The second-order valence-electron chi connectivity index (χ2n) is 45.4. The van der Waals surface area contributed by atoms with E-state index in [-0.39, 0.29) is 98.8 Å². The number of aryl methyl sites for hydroxylation is 2. The maximum Gasteiger partial charge on any atom is 0.329 e. The first-order valence-corrected chi connectivity index (χ1v) is 51.8. The van der Waals surface area contributed by atoms with Crippen LogP contribution in [0.3, 0.4) is 0 Å². The third-order valence-electron chi connectivity index (χ3n) is 30.0. The van der Waals surface area contributed by atoms with E-state index < -0.39 is 111 Å². The highest BCUT2D eigenvalue weighted by atomic mass is 16.6. The number of aliphatic carboxylic acids is 1. The molecule has 15 rings (SSSR count). The first-order chi connectivity index (χ1) is 66.4. The van der Waals surface area contributed by atoms with Gasteiger partial charge in [-0.25, -0.2) is 44.3 Å². The Kier molecular flexibility index (Phi) is 34.9. The number of benzene rings is 3. The number of fused-ring (bicyclic) bond motifs is 15. The molecule has 766 valence electrons. The maximum absolute atomic E-state index is 14.7. The van der Waals surface area contributed by atoms with E-state index in [9.17, 15) is 48.3 Å². The summed E-state index contributed by atoms with van der Waals surface area (Å²) >= 11 is 0. The Labute approximate surface area is 826 Å². The quantitative estimate of drug-likeness (QED) is 0.104. The second kappa shape index (κ2) is 45.8. The predicted molar refractivity (Wildman–Crippen MR) is 530 cm³/mol. The molecular weight excluding hydrogens is 1780 g/mol. The molecule has 0 unspecified atom stereocenters. The minimum atomic E-state index is -1.09. The summed E-state index contributed by atoms with van der Waals surface area (Å²) in [5.74, 6) is -3.38. The number of hydrogen-bond acceptors (Lipinski definition) is 26. The molecule has 3 aromatic carbocycles. The maximum atomic E-state index is 14.7. The van der Waals surface area contributed by atoms with Crippen molar-refractivity contribution in [2.75, 3.05) is 41.0 Å². The minimum Gasteiger partial charge on any atom is -0.497 e. The fourth-order valence-electron chi connectivity index (χ4n) is 22.4. The Morgan fingerprint density at radius 1 is 0.371 bits per heavy atom. The van der Waals surface area contributed by atoms with Crippen molar-refractivity contribution in [1.29, 1.82) is 0 Å². The largest absolute Gasteiger partial charge is 0.497 e. The molecule has 140 heavy (non-hydrogen) atoms. The molecule has 18 atom stereocenters. The Morgan fingerprint density at radius 3 is 1.03 bits per heavy atom. The van der Waals surface area contributed by atoms with Crippen molar-refractivity contribution >= 4 is 92.7 Å². The average molecular weight is 1940 g/mol. The molecule has 0 radical (unpaired) electrons. The zero-order chi connectivity index (χ0) is 101. The Morgan fingerprint density at radius 2 is 0.693 bits per heavy atom. The van der Waals surface area contributed by atoms with E-state index in [1.54, 1.807) is 31.1 Å². The highest BCUT2D eigenvalue weighted by Crippen LogP contribution is 2.47. The Hall–Kier alpha value is -10.6. The van der Waals surface area contributed by atoms with Crippen LogP contribution in [0.4, 0.5) is 0 Å². The van der Waals surface area contributed by atoms with Crippen molar-refractivity contribution in [1.82, 2.24) is 44.6 Å². The lowest BCUT2D eigenvalue weighted by atomic mass is 9.77. The van der Waals surface area contributed by atoms with Crippen LogP contribution in [0.2, 0.25) is 0 Å². The highest BCUT2D eigenvalue weighted by Gasteiger charge is 2.57. The fraction of sp³-hybridized carbons (Fsp3) is 0.682.